The van der Waals surface area contributed by atoms with Crippen LogP contribution in [0.2, 0.25) is 10.0 Å². The zero-order valence-electron chi connectivity index (χ0n) is 11.6. The van der Waals surface area contributed by atoms with E-state index in [1.54, 1.807) is 6.07 Å². The lowest BCUT2D eigenvalue weighted by Gasteiger charge is -2.14. The molecule has 0 bridgehead atoms. The number of hydrogen-bond donors (Lipinski definition) is 2. The molecule has 22 heavy (non-hydrogen) atoms. The van der Waals surface area contributed by atoms with Crippen molar-refractivity contribution < 1.29 is 0 Å². The first-order valence-electron chi connectivity index (χ1n) is 5.99. The Bertz CT molecular complexity index is 901. The van der Waals surface area contributed by atoms with Crippen molar-refractivity contribution in [2.75, 3.05) is 11.1 Å². The molecule has 9 heteroatoms. The lowest BCUT2D eigenvalue weighted by Crippen LogP contribution is -2.39. The molecule has 7 nitrogen and oxygen atoms in total. The molecule has 114 valence electrons. The molecular formula is C13H11Cl2N5O2. The second kappa shape index (κ2) is 5.75. The van der Waals surface area contributed by atoms with Gasteiger partial charge in [0.1, 0.15) is 11.9 Å². The molecule has 1 heterocycles. The van der Waals surface area contributed by atoms with Gasteiger partial charge in [-0.25, -0.2) is 4.79 Å². The molecule has 0 spiro atoms. The lowest BCUT2D eigenvalue weighted by atomic mass is 10.2. The van der Waals surface area contributed by atoms with E-state index in [0.29, 0.717) is 5.69 Å². The summed E-state index contributed by atoms with van der Waals surface area (Å²) in [6, 6.07) is 4.74. The quantitative estimate of drug-likeness (QED) is 0.808. The molecule has 0 unspecified atom stereocenters. The van der Waals surface area contributed by atoms with Crippen LogP contribution in [-0.2, 0) is 14.1 Å². The highest BCUT2D eigenvalue weighted by Crippen LogP contribution is 2.32. The van der Waals surface area contributed by atoms with Gasteiger partial charge in [0.05, 0.1) is 15.7 Å². The highest BCUT2D eigenvalue weighted by atomic mass is 35.5. The van der Waals surface area contributed by atoms with E-state index in [1.165, 1.54) is 26.2 Å². The standard InChI is InChI=1S/C13H11Cl2N5O2/c1-19-11(7(5-16)12(21)20(2)13(19)22)18-6-3-8(14)10(17)9(15)4-6/h3-4,18H,17H2,1-2H3. The number of nitriles is 1. The number of nitrogen functional groups attached to an aromatic ring is 1. The molecule has 0 aliphatic carbocycles. The third kappa shape index (κ3) is 2.54. The lowest BCUT2D eigenvalue weighted by molar-refractivity contribution is 0.689. The zero-order valence-corrected chi connectivity index (χ0v) is 13.2. The molecule has 0 aliphatic heterocycles. The topological polar surface area (TPSA) is 106 Å². The Labute approximate surface area is 135 Å². The highest BCUT2D eigenvalue weighted by Gasteiger charge is 2.16. The van der Waals surface area contributed by atoms with E-state index in [9.17, 15) is 14.9 Å². The van der Waals surface area contributed by atoms with E-state index in [2.05, 4.69) is 5.32 Å². The van der Waals surface area contributed by atoms with E-state index in [0.717, 1.165) is 9.13 Å². The van der Waals surface area contributed by atoms with Crippen LogP contribution in [0.1, 0.15) is 5.56 Å². The minimum atomic E-state index is -0.694. The molecule has 3 N–H and O–H groups in total. The van der Waals surface area contributed by atoms with Gasteiger partial charge in [-0.15, -0.1) is 0 Å². The van der Waals surface area contributed by atoms with Crippen molar-refractivity contribution in [2.24, 2.45) is 14.1 Å². The van der Waals surface area contributed by atoms with E-state index < -0.39 is 11.2 Å². The Morgan fingerprint density at radius 1 is 1.18 bits per heavy atom. The fourth-order valence-corrected chi connectivity index (χ4v) is 2.37. The summed E-state index contributed by atoms with van der Waals surface area (Å²) in [6.07, 6.45) is 0. The van der Waals surface area contributed by atoms with Crippen molar-refractivity contribution in [2.45, 2.75) is 0 Å². The summed E-state index contributed by atoms with van der Waals surface area (Å²) in [5.41, 5.74) is 4.79. The molecule has 0 aliphatic rings. The molecule has 1 aromatic heterocycles. The van der Waals surface area contributed by atoms with Gasteiger partial charge in [-0.05, 0) is 12.1 Å². The second-order valence-corrected chi connectivity index (χ2v) is 5.33. The van der Waals surface area contributed by atoms with Crippen LogP contribution in [0, 0.1) is 11.3 Å². The summed E-state index contributed by atoms with van der Waals surface area (Å²) in [4.78, 5) is 23.9. The van der Waals surface area contributed by atoms with Crippen LogP contribution in [0.5, 0.6) is 0 Å². The molecule has 2 rings (SSSR count). The monoisotopic (exact) mass is 339 g/mol. The van der Waals surface area contributed by atoms with Crippen molar-refractivity contribution in [3.05, 3.63) is 48.6 Å². The Kier molecular flexibility index (Phi) is 4.17. The van der Waals surface area contributed by atoms with Gasteiger partial charge in [0, 0.05) is 19.8 Å². The summed E-state index contributed by atoms with van der Waals surface area (Å²) in [6.45, 7) is 0. The first kappa shape index (κ1) is 15.9. The molecule has 0 radical (unpaired) electrons. The van der Waals surface area contributed by atoms with Gasteiger partial charge in [0.15, 0.2) is 5.56 Å². The van der Waals surface area contributed by atoms with Crippen molar-refractivity contribution >= 4 is 40.4 Å². The third-order valence-corrected chi connectivity index (χ3v) is 3.74. The summed E-state index contributed by atoms with van der Waals surface area (Å²) < 4.78 is 2.00. The van der Waals surface area contributed by atoms with Gasteiger partial charge in [0.2, 0.25) is 0 Å². The van der Waals surface area contributed by atoms with Gasteiger partial charge in [0.25, 0.3) is 5.56 Å². The zero-order chi connectivity index (χ0) is 16.6. The number of benzene rings is 1. The van der Waals surface area contributed by atoms with Crippen molar-refractivity contribution in [3.63, 3.8) is 0 Å². The maximum Gasteiger partial charge on any atom is 0.332 e. The maximum absolute atomic E-state index is 12.0. The van der Waals surface area contributed by atoms with Crippen molar-refractivity contribution in [1.29, 1.82) is 5.26 Å². The van der Waals surface area contributed by atoms with Gasteiger partial charge in [-0.1, -0.05) is 23.2 Å². The van der Waals surface area contributed by atoms with Crippen molar-refractivity contribution in [1.82, 2.24) is 9.13 Å². The Balaban J connectivity index is 2.68. The first-order chi connectivity index (χ1) is 10.3. The minimum Gasteiger partial charge on any atom is -0.396 e. The van der Waals surface area contributed by atoms with Crippen molar-refractivity contribution in [3.8, 4) is 6.07 Å². The number of nitrogens with zero attached hydrogens (tertiary/aromatic N) is 3. The van der Waals surface area contributed by atoms with Crippen LogP contribution in [0.4, 0.5) is 17.2 Å². The molecular weight excluding hydrogens is 329 g/mol. The van der Waals surface area contributed by atoms with Crippen LogP contribution in [0.25, 0.3) is 0 Å². The summed E-state index contributed by atoms with van der Waals surface area (Å²) in [7, 11) is 2.73. The van der Waals surface area contributed by atoms with Crippen LogP contribution >= 0.6 is 23.2 Å². The average molecular weight is 340 g/mol. The van der Waals surface area contributed by atoms with Crippen LogP contribution in [-0.4, -0.2) is 9.13 Å². The Morgan fingerprint density at radius 3 is 2.23 bits per heavy atom. The number of rotatable bonds is 2. The van der Waals surface area contributed by atoms with Crippen LogP contribution in [0.15, 0.2) is 21.7 Å². The van der Waals surface area contributed by atoms with Gasteiger partial charge < -0.3 is 11.1 Å². The number of anilines is 3. The molecule has 2 aromatic rings. The van der Waals surface area contributed by atoms with E-state index in [1.807, 2.05) is 0 Å². The van der Waals surface area contributed by atoms with E-state index in [4.69, 9.17) is 28.9 Å². The van der Waals surface area contributed by atoms with E-state index in [-0.39, 0.29) is 27.1 Å². The number of nitrogens with one attached hydrogen (secondary N) is 1. The molecule has 0 fully saturated rings. The second-order valence-electron chi connectivity index (χ2n) is 4.52. The Hall–Kier alpha value is -2.43. The summed E-state index contributed by atoms with van der Waals surface area (Å²) >= 11 is 11.9. The van der Waals surface area contributed by atoms with Gasteiger partial charge in [-0.3, -0.25) is 13.9 Å². The molecule has 1 aromatic carbocycles. The highest BCUT2D eigenvalue weighted by molar-refractivity contribution is 6.39. The number of aromatic nitrogens is 2. The number of halogens is 2. The SMILES string of the molecule is Cn1c(Nc2cc(Cl)c(N)c(Cl)c2)c(C#N)c(=O)n(C)c1=O. The first-order valence-corrected chi connectivity index (χ1v) is 6.75. The molecule has 0 saturated carbocycles. The smallest absolute Gasteiger partial charge is 0.332 e. The number of nitrogens with two attached hydrogens (primary N) is 1. The minimum absolute atomic E-state index is 0.0486. The fraction of sp³-hybridized carbons (Fsp3) is 0.154. The van der Waals surface area contributed by atoms with E-state index >= 15 is 0 Å². The normalized spacial score (nSPS) is 10.3. The predicted molar refractivity (Wildman–Crippen MR) is 85.8 cm³/mol. The third-order valence-electron chi connectivity index (χ3n) is 3.12. The van der Waals surface area contributed by atoms with Crippen LogP contribution in [0.3, 0.4) is 0 Å². The largest absolute Gasteiger partial charge is 0.396 e. The van der Waals surface area contributed by atoms with Gasteiger partial charge >= 0.3 is 5.69 Å². The number of hydrogen-bond acceptors (Lipinski definition) is 5. The van der Waals surface area contributed by atoms with Crippen LogP contribution < -0.4 is 22.3 Å². The Morgan fingerprint density at radius 2 is 1.73 bits per heavy atom. The fourth-order valence-electron chi connectivity index (χ4n) is 1.88. The average Bonchev–Trinajstić information content (AvgIpc) is 2.48. The molecule has 0 atom stereocenters. The molecule has 0 saturated heterocycles. The summed E-state index contributed by atoms with van der Waals surface area (Å²) in [5.74, 6) is 0.0486. The maximum atomic E-state index is 12.0. The predicted octanol–water partition coefficient (Wildman–Crippen LogP) is 1.59. The summed E-state index contributed by atoms with van der Waals surface area (Å²) in [5, 5.41) is 12.4. The van der Waals surface area contributed by atoms with Gasteiger partial charge in [-0.2, -0.15) is 5.26 Å². The molecule has 0 amide bonds.